The monoisotopic (exact) mass is 328 g/mol. The van der Waals surface area contributed by atoms with Gasteiger partial charge in [0.1, 0.15) is 5.75 Å². The first-order chi connectivity index (χ1) is 11.5. The van der Waals surface area contributed by atoms with Crippen LogP contribution in [0.15, 0.2) is 36.4 Å². The van der Waals surface area contributed by atoms with Gasteiger partial charge in [-0.25, -0.2) is 0 Å². The Hall–Kier alpha value is -2.93. The molecule has 0 saturated carbocycles. The third-order valence-electron chi connectivity index (χ3n) is 4.09. The van der Waals surface area contributed by atoms with E-state index >= 15 is 0 Å². The van der Waals surface area contributed by atoms with Gasteiger partial charge in [0.2, 0.25) is 11.7 Å². The zero-order valence-electron chi connectivity index (χ0n) is 12.8. The van der Waals surface area contributed by atoms with Crippen molar-refractivity contribution in [3.8, 4) is 11.5 Å². The number of fused-ring (bicyclic) bond motifs is 1. The molecule has 3 N–H and O–H groups in total. The van der Waals surface area contributed by atoms with Crippen LogP contribution in [0.3, 0.4) is 0 Å². The second kappa shape index (κ2) is 6.29. The molecular weight excluding hydrogens is 312 g/mol. The van der Waals surface area contributed by atoms with E-state index < -0.39 is 16.9 Å². The van der Waals surface area contributed by atoms with Crippen molar-refractivity contribution < 1.29 is 19.6 Å². The Morgan fingerprint density at radius 1 is 1.29 bits per heavy atom. The fourth-order valence-corrected chi connectivity index (χ4v) is 2.90. The molecule has 1 amide bonds. The molecule has 2 aromatic carbocycles. The molecule has 0 saturated heterocycles. The molecule has 124 valence electrons. The lowest BCUT2D eigenvalue weighted by molar-refractivity contribution is -0.385. The highest BCUT2D eigenvalue weighted by molar-refractivity contribution is 5.93. The van der Waals surface area contributed by atoms with Crippen molar-refractivity contribution in [3.05, 3.63) is 63.2 Å². The topological polar surface area (TPSA) is 116 Å². The van der Waals surface area contributed by atoms with Crippen molar-refractivity contribution in [2.75, 3.05) is 0 Å². The minimum Gasteiger partial charge on any atom is -0.450 e. The zero-order valence-corrected chi connectivity index (χ0v) is 12.8. The van der Waals surface area contributed by atoms with Crippen molar-refractivity contribution in [1.29, 1.82) is 0 Å². The molecule has 7 nitrogen and oxygen atoms in total. The summed E-state index contributed by atoms with van der Waals surface area (Å²) in [7, 11) is 0. The molecule has 0 aliphatic heterocycles. The van der Waals surface area contributed by atoms with Gasteiger partial charge in [-0.05, 0) is 43.0 Å². The van der Waals surface area contributed by atoms with Crippen molar-refractivity contribution in [2.45, 2.75) is 25.4 Å². The van der Waals surface area contributed by atoms with Crippen LogP contribution in [-0.4, -0.2) is 15.9 Å². The van der Waals surface area contributed by atoms with Crippen molar-refractivity contribution >= 4 is 11.6 Å². The maximum Gasteiger partial charge on any atom is 0.312 e. The lowest BCUT2D eigenvalue weighted by Gasteiger charge is -2.23. The maximum atomic E-state index is 11.3. The van der Waals surface area contributed by atoms with Crippen LogP contribution in [0.5, 0.6) is 11.5 Å². The van der Waals surface area contributed by atoms with E-state index in [1.54, 1.807) is 12.1 Å². The predicted octanol–water partition coefficient (Wildman–Crippen LogP) is 2.86. The molecule has 0 radical (unpaired) electrons. The van der Waals surface area contributed by atoms with Gasteiger partial charge >= 0.3 is 5.69 Å². The second-order valence-corrected chi connectivity index (χ2v) is 5.64. The molecule has 24 heavy (non-hydrogen) atoms. The Bertz CT molecular complexity index is 819. The van der Waals surface area contributed by atoms with Gasteiger partial charge in [0.05, 0.1) is 11.0 Å². The van der Waals surface area contributed by atoms with Crippen LogP contribution in [-0.2, 0) is 6.42 Å². The van der Waals surface area contributed by atoms with E-state index in [2.05, 4.69) is 0 Å². The molecule has 3 rings (SSSR count). The number of hydrogen-bond acceptors (Lipinski definition) is 5. The SMILES string of the molecule is NC(=O)c1ccc(Oc2cccc3c2CCC[C@H]3O)c([N+](=O)[O-])c1. The van der Waals surface area contributed by atoms with Crippen molar-refractivity contribution in [1.82, 2.24) is 0 Å². The number of carbonyl (C=O) groups is 1. The summed E-state index contributed by atoms with van der Waals surface area (Å²) in [6.07, 6.45) is 1.68. The minimum absolute atomic E-state index is 0.0264. The van der Waals surface area contributed by atoms with Gasteiger partial charge in [0.25, 0.3) is 0 Å². The maximum absolute atomic E-state index is 11.3. The van der Waals surface area contributed by atoms with E-state index in [1.165, 1.54) is 12.1 Å². The summed E-state index contributed by atoms with van der Waals surface area (Å²) in [6.45, 7) is 0. The molecule has 0 unspecified atom stereocenters. The van der Waals surface area contributed by atoms with Crippen LogP contribution in [0, 0.1) is 10.1 Å². The molecule has 0 spiro atoms. The van der Waals surface area contributed by atoms with Gasteiger partial charge < -0.3 is 15.6 Å². The molecule has 1 aliphatic carbocycles. The highest BCUT2D eigenvalue weighted by Crippen LogP contribution is 2.39. The molecule has 1 aliphatic rings. The van der Waals surface area contributed by atoms with Crippen molar-refractivity contribution in [2.24, 2.45) is 5.73 Å². The van der Waals surface area contributed by atoms with Gasteiger partial charge in [-0.15, -0.1) is 0 Å². The summed E-state index contributed by atoms with van der Waals surface area (Å²) >= 11 is 0. The number of amides is 1. The number of carbonyl (C=O) groups excluding carboxylic acids is 1. The van der Waals surface area contributed by atoms with E-state index in [9.17, 15) is 20.0 Å². The average molecular weight is 328 g/mol. The Morgan fingerprint density at radius 2 is 2.08 bits per heavy atom. The van der Waals surface area contributed by atoms with E-state index in [0.29, 0.717) is 12.2 Å². The molecule has 0 aromatic heterocycles. The number of aliphatic hydroxyl groups excluding tert-OH is 1. The predicted molar refractivity (Wildman–Crippen MR) is 86.0 cm³/mol. The number of nitro groups is 1. The summed E-state index contributed by atoms with van der Waals surface area (Å²) in [5, 5.41) is 21.3. The Kier molecular flexibility index (Phi) is 4.18. The number of primary amides is 1. The van der Waals surface area contributed by atoms with Gasteiger partial charge in [-0.2, -0.15) is 0 Å². The number of rotatable bonds is 4. The first-order valence-electron chi connectivity index (χ1n) is 7.53. The third-order valence-corrected chi connectivity index (χ3v) is 4.09. The Morgan fingerprint density at radius 3 is 2.79 bits per heavy atom. The molecule has 2 aromatic rings. The molecule has 0 heterocycles. The lowest BCUT2D eigenvalue weighted by Crippen LogP contribution is -2.12. The number of nitrogens with two attached hydrogens (primary N) is 1. The van der Waals surface area contributed by atoms with Crippen LogP contribution in [0.1, 0.15) is 40.4 Å². The Labute approximate surface area is 137 Å². The molecule has 1 atom stereocenters. The normalized spacial score (nSPS) is 16.3. The summed E-state index contributed by atoms with van der Waals surface area (Å²) in [6, 6.07) is 9.12. The standard InChI is InChI=1S/C17H16N2O5/c18-17(21)10-7-8-16(13(9-10)19(22)23)24-15-6-2-3-11-12(15)4-1-5-14(11)20/h2-3,6-9,14,20H,1,4-5H2,(H2,18,21)/t14-/m1/s1. The smallest absolute Gasteiger partial charge is 0.312 e. The van der Waals surface area contributed by atoms with E-state index in [0.717, 1.165) is 30.0 Å². The van der Waals surface area contributed by atoms with E-state index in [4.69, 9.17) is 10.5 Å². The minimum atomic E-state index is -0.745. The first-order valence-corrected chi connectivity index (χ1v) is 7.53. The van der Waals surface area contributed by atoms with Crippen LogP contribution in [0.2, 0.25) is 0 Å². The molecule has 0 bridgehead atoms. The van der Waals surface area contributed by atoms with E-state index in [-0.39, 0.29) is 17.0 Å². The number of aliphatic hydroxyl groups is 1. The first kappa shape index (κ1) is 15.9. The largest absolute Gasteiger partial charge is 0.450 e. The zero-order chi connectivity index (χ0) is 17.3. The number of hydrogen-bond donors (Lipinski definition) is 2. The fraction of sp³-hybridized carbons (Fsp3) is 0.235. The number of nitro benzene ring substituents is 1. The highest BCUT2D eigenvalue weighted by atomic mass is 16.6. The number of benzene rings is 2. The average Bonchev–Trinajstić information content (AvgIpc) is 2.56. The summed E-state index contributed by atoms with van der Waals surface area (Å²) < 4.78 is 5.75. The van der Waals surface area contributed by atoms with Gasteiger partial charge in [0.15, 0.2) is 0 Å². The highest BCUT2D eigenvalue weighted by Gasteiger charge is 2.23. The second-order valence-electron chi connectivity index (χ2n) is 5.64. The Balaban J connectivity index is 2.02. The van der Waals surface area contributed by atoms with Gasteiger partial charge in [-0.3, -0.25) is 14.9 Å². The molecular formula is C17H16N2O5. The number of nitrogens with zero attached hydrogens (tertiary/aromatic N) is 1. The molecule has 7 heteroatoms. The third kappa shape index (κ3) is 2.93. The molecule has 0 fully saturated rings. The lowest BCUT2D eigenvalue weighted by atomic mass is 9.89. The fourth-order valence-electron chi connectivity index (χ4n) is 2.90. The van der Waals surface area contributed by atoms with Crippen molar-refractivity contribution in [3.63, 3.8) is 0 Å². The van der Waals surface area contributed by atoms with Crippen LogP contribution in [0.25, 0.3) is 0 Å². The van der Waals surface area contributed by atoms with E-state index in [1.807, 2.05) is 6.07 Å². The van der Waals surface area contributed by atoms with Crippen LogP contribution in [0.4, 0.5) is 5.69 Å². The quantitative estimate of drug-likeness (QED) is 0.661. The van der Waals surface area contributed by atoms with Crippen LogP contribution >= 0.6 is 0 Å². The van der Waals surface area contributed by atoms with Crippen LogP contribution < -0.4 is 10.5 Å². The van der Waals surface area contributed by atoms with Gasteiger partial charge in [0, 0.05) is 17.2 Å². The summed E-state index contributed by atoms with van der Waals surface area (Å²) in [5.74, 6) is -0.246. The van der Waals surface area contributed by atoms with Gasteiger partial charge in [-0.1, -0.05) is 12.1 Å². The number of ether oxygens (including phenoxy) is 1. The summed E-state index contributed by atoms with van der Waals surface area (Å²) in [4.78, 5) is 21.8. The summed E-state index contributed by atoms with van der Waals surface area (Å²) in [5.41, 5.74) is 6.51.